The van der Waals surface area contributed by atoms with Crippen LogP contribution in [0.4, 0.5) is 0 Å². The van der Waals surface area contributed by atoms with Gasteiger partial charge in [0.05, 0.1) is 5.02 Å². The second-order valence-corrected chi connectivity index (χ2v) is 7.36. The maximum absolute atomic E-state index is 12.2. The largest absolute Gasteiger partial charge is 0.310 e. The molecule has 2 N–H and O–H groups in total. The lowest BCUT2D eigenvalue weighted by Crippen LogP contribution is -2.25. The molecule has 7 heteroatoms. The summed E-state index contributed by atoms with van der Waals surface area (Å²) in [5.41, 5.74) is 0.710. The molecule has 1 aromatic carbocycles. The molecule has 0 fully saturated rings. The van der Waals surface area contributed by atoms with Gasteiger partial charge in [0.15, 0.2) is 0 Å². The number of hydrogen-bond donors (Lipinski definition) is 2. The Balaban J connectivity index is 3.11. The summed E-state index contributed by atoms with van der Waals surface area (Å²) in [6.07, 6.45) is 0.714. The van der Waals surface area contributed by atoms with Crippen LogP contribution < -0.4 is 10.0 Å². The van der Waals surface area contributed by atoms with E-state index in [1.54, 1.807) is 0 Å². The van der Waals surface area contributed by atoms with Gasteiger partial charge in [-0.15, -0.1) is 0 Å². The summed E-state index contributed by atoms with van der Waals surface area (Å²) in [5.74, 6) is 0. The molecule has 0 bridgehead atoms. The van der Waals surface area contributed by atoms with E-state index in [1.807, 2.05) is 20.8 Å². The van der Waals surface area contributed by atoms with Gasteiger partial charge in [-0.25, -0.2) is 13.1 Å². The predicted molar refractivity (Wildman–Crippen MR) is 83.9 cm³/mol. The van der Waals surface area contributed by atoms with Crippen molar-refractivity contribution in [1.82, 2.24) is 10.0 Å². The van der Waals surface area contributed by atoms with Gasteiger partial charge < -0.3 is 5.32 Å². The van der Waals surface area contributed by atoms with Crippen molar-refractivity contribution < 1.29 is 8.42 Å². The molecule has 0 aromatic heterocycles. The SMILES string of the molecule is CCCNS(=O)(=O)c1cc(CNC(C)C)c(Cl)cc1Cl. The highest BCUT2D eigenvalue weighted by Crippen LogP contribution is 2.28. The first-order chi connectivity index (χ1) is 9.27. The third kappa shape index (κ3) is 4.90. The van der Waals surface area contributed by atoms with Gasteiger partial charge in [-0.1, -0.05) is 44.0 Å². The minimum Gasteiger partial charge on any atom is -0.310 e. The summed E-state index contributed by atoms with van der Waals surface area (Å²) in [6, 6.07) is 3.28. The Morgan fingerprint density at radius 1 is 1.20 bits per heavy atom. The van der Waals surface area contributed by atoms with E-state index >= 15 is 0 Å². The summed E-state index contributed by atoms with van der Waals surface area (Å²) < 4.78 is 26.8. The lowest BCUT2D eigenvalue weighted by molar-refractivity contribution is 0.578. The number of halogens is 2. The fraction of sp³-hybridized carbons (Fsp3) is 0.538. The quantitative estimate of drug-likeness (QED) is 0.802. The number of hydrogen-bond acceptors (Lipinski definition) is 3. The topological polar surface area (TPSA) is 58.2 Å². The number of nitrogens with one attached hydrogen (secondary N) is 2. The van der Waals surface area contributed by atoms with Crippen LogP contribution in [0.3, 0.4) is 0 Å². The van der Waals surface area contributed by atoms with E-state index in [2.05, 4.69) is 10.0 Å². The van der Waals surface area contributed by atoms with Crippen molar-refractivity contribution in [3.05, 3.63) is 27.7 Å². The summed E-state index contributed by atoms with van der Waals surface area (Å²) >= 11 is 12.1. The molecule has 0 atom stereocenters. The number of rotatable bonds is 7. The standard InChI is InChI=1S/C13H20Cl2N2O2S/c1-4-5-17-20(18,19)13-6-10(8-16-9(2)3)11(14)7-12(13)15/h6-7,9,16-17H,4-5,8H2,1-3H3. The Bertz CT molecular complexity index is 560. The van der Waals surface area contributed by atoms with Gasteiger partial charge in [0.25, 0.3) is 0 Å². The van der Waals surface area contributed by atoms with E-state index in [4.69, 9.17) is 23.2 Å². The van der Waals surface area contributed by atoms with Gasteiger partial charge in [0, 0.05) is 24.2 Å². The zero-order valence-corrected chi connectivity index (χ0v) is 14.2. The van der Waals surface area contributed by atoms with E-state index in [9.17, 15) is 8.42 Å². The molecule has 1 rings (SSSR count). The molecule has 0 unspecified atom stereocenters. The highest BCUT2D eigenvalue weighted by Gasteiger charge is 2.19. The Kier molecular flexibility index (Phi) is 6.75. The second kappa shape index (κ2) is 7.61. The van der Waals surface area contributed by atoms with Crippen LogP contribution in [0.25, 0.3) is 0 Å². The van der Waals surface area contributed by atoms with Crippen LogP contribution in [-0.4, -0.2) is 21.0 Å². The first-order valence-corrected chi connectivity index (χ1v) is 8.72. The van der Waals surface area contributed by atoms with Gasteiger partial charge in [-0.2, -0.15) is 0 Å². The zero-order valence-electron chi connectivity index (χ0n) is 11.8. The average Bonchev–Trinajstić information content (AvgIpc) is 2.34. The Hall–Kier alpha value is -0.330. The predicted octanol–water partition coefficient (Wildman–Crippen LogP) is 3.18. The maximum Gasteiger partial charge on any atom is 0.242 e. The van der Waals surface area contributed by atoms with E-state index in [1.165, 1.54) is 12.1 Å². The van der Waals surface area contributed by atoms with Crippen LogP contribution in [0.15, 0.2) is 17.0 Å². The molecule has 0 aliphatic rings. The molecular formula is C13H20Cl2N2O2S. The monoisotopic (exact) mass is 338 g/mol. The molecule has 1 aromatic rings. The van der Waals surface area contributed by atoms with Gasteiger partial charge in [0.1, 0.15) is 4.90 Å². The van der Waals surface area contributed by atoms with Crippen LogP contribution in [0, 0.1) is 0 Å². The molecular weight excluding hydrogens is 319 g/mol. The zero-order chi connectivity index (χ0) is 15.3. The van der Waals surface area contributed by atoms with Crippen LogP contribution in [0.2, 0.25) is 10.0 Å². The molecule has 0 saturated carbocycles. The molecule has 114 valence electrons. The van der Waals surface area contributed by atoms with Crippen LogP contribution >= 0.6 is 23.2 Å². The number of sulfonamides is 1. The lowest BCUT2D eigenvalue weighted by atomic mass is 10.2. The van der Waals surface area contributed by atoms with Crippen molar-refractivity contribution >= 4 is 33.2 Å². The normalized spacial score (nSPS) is 12.1. The molecule has 0 heterocycles. The maximum atomic E-state index is 12.2. The Morgan fingerprint density at radius 3 is 2.40 bits per heavy atom. The third-order valence-corrected chi connectivity index (χ3v) is 4.91. The minimum atomic E-state index is -3.60. The third-order valence-electron chi connectivity index (χ3n) is 2.63. The lowest BCUT2D eigenvalue weighted by Gasteiger charge is -2.13. The summed E-state index contributed by atoms with van der Waals surface area (Å²) in [5, 5.41) is 3.79. The van der Waals surface area contributed by atoms with Crippen molar-refractivity contribution in [2.45, 2.75) is 44.7 Å². The smallest absolute Gasteiger partial charge is 0.242 e. The van der Waals surface area contributed by atoms with Crippen LogP contribution in [0.1, 0.15) is 32.8 Å². The van der Waals surface area contributed by atoms with Gasteiger partial charge >= 0.3 is 0 Å². The molecule has 4 nitrogen and oxygen atoms in total. The van der Waals surface area contributed by atoms with E-state index < -0.39 is 10.0 Å². The average molecular weight is 339 g/mol. The Morgan fingerprint density at radius 2 is 1.85 bits per heavy atom. The van der Waals surface area contributed by atoms with E-state index in [-0.39, 0.29) is 16.0 Å². The van der Waals surface area contributed by atoms with Gasteiger partial charge in [0.2, 0.25) is 10.0 Å². The van der Waals surface area contributed by atoms with Gasteiger partial charge in [-0.3, -0.25) is 0 Å². The van der Waals surface area contributed by atoms with Crippen molar-refractivity contribution in [2.24, 2.45) is 0 Å². The van der Waals surface area contributed by atoms with Crippen LogP contribution in [0.5, 0.6) is 0 Å². The molecule has 0 saturated heterocycles. The second-order valence-electron chi connectivity index (χ2n) is 4.81. The fourth-order valence-corrected chi connectivity index (χ4v) is 3.54. The first kappa shape index (κ1) is 17.7. The minimum absolute atomic E-state index is 0.0672. The molecule has 20 heavy (non-hydrogen) atoms. The first-order valence-electron chi connectivity index (χ1n) is 6.49. The highest BCUT2D eigenvalue weighted by molar-refractivity contribution is 7.89. The molecule has 0 radical (unpaired) electrons. The molecule has 0 spiro atoms. The summed E-state index contributed by atoms with van der Waals surface area (Å²) in [4.78, 5) is 0.0672. The van der Waals surface area contributed by atoms with E-state index in [0.29, 0.717) is 30.1 Å². The summed E-state index contributed by atoms with van der Waals surface area (Å²) in [6.45, 7) is 6.77. The van der Waals surface area contributed by atoms with Crippen LogP contribution in [-0.2, 0) is 16.6 Å². The molecule has 0 aliphatic carbocycles. The Labute approximate surface area is 130 Å². The molecule has 0 amide bonds. The molecule has 0 aliphatic heterocycles. The van der Waals surface area contributed by atoms with E-state index in [0.717, 1.165) is 0 Å². The van der Waals surface area contributed by atoms with Crippen molar-refractivity contribution in [1.29, 1.82) is 0 Å². The van der Waals surface area contributed by atoms with Crippen molar-refractivity contribution in [3.8, 4) is 0 Å². The van der Waals surface area contributed by atoms with Crippen molar-refractivity contribution in [2.75, 3.05) is 6.54 Å². The van der Waals surface area contributed by atoms with Gasteiger partial charge in [-0.05, 0) is 24.1 Å². The fourth-order valence-electron chi connectivity index (χ4n) is 1.54. The number of benzene rings is 1. The highest BCUT2D eigenvalue weighted by atomic mass is 35.5. The van der Waals surface area contributed by atoms with Crippen molar-refractivity contribution in [3.63, 3.8) is 0 Å². The summed E-state index contributed by atoms with van der Waals surface area (Å²) in [7, 11) is -3.60.